The number of hydrogen-bond acceptors (Lipinski definition) is 6. The molecule has 0 bridgehead atoms. The summed E-state index contributed by atoms with van der Waals surface area (Å²) < 4.78 is 47.8. The lowest BCUT2D eigenvalue weighted by atomic mass is 10.2. The van der Waals surface area contributed by atoms with Gasteiger partial charge in [-0.2, -0.15) is 5.26 Å². The van der Waals surface area contributed by atoms with Gasteiger partial charge < -0.3 is 5.73 Å². The molecule has 21 heavy (non-hydrogen) atoms. The Kier molecular flexibility index (Phi) is 5.89. The van der Waals surface area contributed by atoms with Crippen molar-refractivity contribution < 1.29 is 16.8 Å². The van der Waals surface area contributed by atoms with Crippen molar-refractivity contribution in [3.8, 4) is 6.07 Å². The second-order valence-corrected chi connectivity index (χ2v) is 9.08. The van der Waals surface area contributed by atoms with Gasteiger partial charge >= 0.3 is 0 Å². The summed E-state index contributed by atoms with van der Waals surface area (Å²) in [5.41, 5.74) is 5.80. The lowest BCUT2D eigenvalue weighted by Crippen LogP contribution is -2.31. The van der Waals surface area contributed by atoms with Gasteiger partial charge in [-0.25, -0.2) is 16.8 Å². The first kappa shape index (κ1) is 17.6. The van der Waals surface area contributed by atoms with Crippen LogP contribution in [-0.4, -0.2) is 40.1 Å². The van der Waals surface area contributed by atoms with Crippen molar-refractivity contribution in [2.24, 2.45) is 5.73 Å². The zero-order valence-electron chi connectivity index (χ0n) is 11.7. The van der Waals surface area contributed by atoms with E-state index in [0.29, 0.717) is 6.42 Å². The second kappa shape index (κ2) is 7.02. The molecule has 0 aliphatic heterocycles. The predicted molar refractivity (Wildman–Crippen MR) is 80.1 cm³/mol. The summed E-state index contributed by atoms with van der Waals surface area (Å²) in [6.07, 6.45) is 0.510. The average Bonchev–Trinajstić information content (AvgIpc) is 2.45. The molecule has 0 aromatic heterocycles. The van der Waals surface area contributed by atoms with Crippen LogP contribution >= 0.6 is 0 Å². The van der Waals surface area contributed by atoms with Crippen LogP contribution in [0.1, 0.15) is 18.9 Å². The Hall–Kier alpha value is -1.43. The molecule has 0 aliphatic rings. The molecule has 0 radical (unpaired) electrons. The highest BCUT2D eigenvalue weighted by atomic mass is 32.2. The molecule has 0 fully saturated rings. The highest BCUT2D eigenvalue weighted by Crippen LogP contribution is 2.13. The summed E-state index contributed by atoms with van der Waals surface area (Å²) >= 11 is 0. The Balaban J connectivity index is 2.84. The molecule has 1 aromatic carbocycles. The SMILES string of the molecule is CCC(N)CS(=O)(=O)CCS(=O)(=O)c1cccc(C#N)c1. The van der Waals surface area contributed by atoms with Crippen molar-refractivity contribution in [1.82, 2.24) is 0 Å². The van der Waals surface area contributed by atoms with E-state index in [-0.39, 0.29) is 16.2 Å². The van der Waals surface area contributed by atoms with Crippen LogP contribution in [0.15, 0.2) is 29.2 Å². The van der Waals surface area contributed by atoms with Crippen LogP contribution in [0, 0.1) is 11.3 Å². The fourth-order valence-corrected chi connectivity index (χ4v) is 5.42. The van der Waals surface area contributed by atoms with Gasteiger partial charge in [-0.15, -0.1) is 0 Å². The fraction of sp³-hybridized carbons (Fsp3) is 0.462. The van der Waals surface area contributed by atoms with E-state index in [9.17, 15) is 16.8 Å². The number of sulfone groups is 2. The summed E-state index contributed by atoms with van der Waals surface area (Å²) in [6.45, 7) is 1.77. The molecular formula is C13H18N2O4S2. The van der Waals surface area contributed by atoms with E-state index < -0.39 is 37.2 Å². The molecule has 0 saturated heterocycles. The standard InChI is InChI=1S/C13H18N2O4S2/c1-2-12(15)10-20(16,17)6-7-21(18,19)13-5-3-4-11(8-13)9-14/h3-5,8,12H,2,6-7,10,15H2,1H3. The van der Waals surface area contributed by atoms with Crippen LogP contribution in [0.2, 0.25) is 0 Å². The van der Waals surface area contributed by atoms with Crippen molar-refractivity contribution in [3.05, 3.63) is 29.8 Å². The number of nitrogens with two attached hydrogens (primary N) is 1. The Morgan fingerprint density at radius 1 is 1.24 bits per heavy atom. The Bertz CT molecular complexity index is 734. The minimum atomic E-state index is -3.74. The number of nitrogens with zero attached hydrogens (tertiary/aromatic N) is 1. The van der Waals surface area contributed by atoms with E-state index >= 15 is 0 Å². The first-order valence-corrected chi connectivity index (χ1v) is 9.86. The topological polar surface area (TPSA) is 118 Å². The third-order valence-corrected chi connectivity index (χ3v) is 6.71. The molecule has 1 unspecified atom stereocenters. The van der Waals surface area contributed by atoms with E-state index in [2.05, 4.69) is 0 Å². The quantitative estimate of drug-likeness (QED) is 0.777. The molecule has 0 saturated carbocycles. The van der Waals surface area contributed by atoms with E-state index in [0.717, 1.165) is 0 Å². The fourth-order valence-electron chi connectivity index (χ4n) is 1.64. The predicted octanol–water partition coefficient (Wildman–Crippen LogP) is 0.484. The summed E-state index contributed by atoms with van der Waals surface area (Å²) in [5.74, 6) is -1.21. The van der Waals surface area contributed by atoms with Gasteiger partial charge in [0.1, 0.15) is 0 Å². The molecule has 2 N–H and O–H groups in total. The minimum absolute atomic E-state index is 0.0449. The van der Waals surface area contributed by atoms with E-state index in [1.165, 1.54) is 24.3 Å². The van der Waals surface area contributed by atoms with Crippen LogP contribution in [0.3, 0.4) is 0 Å². The van der Waals surface area contributed by atoms with E-state index in [1.807, 2.05) is 6.07 Å². The molecule has 0 heterocycles. The first-order valence-electron chi connectivity index (χ1n) is 6.39. The van der Waals surface area contributed by atoms with Crippen molar-refractivity contribution >= 4 is 19.7 Å². The Labute approximate surface area is 125 Å². The molecule has 1 atom stereocenters. The monoisotopic (exact) mass is 330 g/mol. The number of nitriles is 1. The third kappa shape index (κ3) is 5.46. The summed E-state index contributed by atoms with van der Waals surface area (Å²) in [5, 5.41) is 8.76. The van der Waals surface area contributed by atoms with E-state index in [4.69, 9.17) is 11.0 Å². The summed E-state index contributed by atoms with van der Waals surface area (Å²) in [6, 6.07) is 6.88. The minimum Gasteiger partial charge on any atom is -0.327 e. The number of hydrogen-bond donors (Lipinski definition) is 1. The van der Waals surface area contributed by atoms with Crippen molar-refractivity contribution in [2.75, 3.05) is 17.3 Å². The van der Waals surface area contributed by atoms with Crippen LogP contribution in [0.5, 0.6) is 0 Å². The zero-order chi connectivity index (χ0) is 16.1. The molecule has 1 rings (SSSR count). The van der Waals surface area contributed by atoms with Gasteiger partial charge in [-0.05, 0) is 24.6 Å². The maximum Gasteiger partial charge on any atom is 0.179 e. The van der Waals surface area contributed by atoms with Crippen LogP contribution in [0.25, 0.3) is 0 Å². The largest absolute Gasteiger partial charge is 0.327 e. The first-order chi connectivity index (χ1) is 9.70. The second-order valence-electron chi connectivity index (χ2n) is 4.74. The zero-order valence-corrected chi connectivity index (χ0v) is 13.3. The number of benzene rings is 1. The van der Waals surface area contributed by atoms with Crippen LogP contribution in [0.4, 0.5) is 0 Å². The Morgan fingerprint density at radius 2 is 1.90 bits per heavy atom. The van der Waals surface area contributed by atoms with Gasteiger partial charge in [0.05, 0.1) is 33.8 Å². The van der Waals surface area contributed by atoms with Gasteiger partial charge in [0.15, 0.2) is 19.7 Å². The van der Waals surface area contributed by atoms with Gasteiger partial charge in [-0.1, -0.05) is 13.0 Å². The Morgan fingerprint density at radius 3 is 2.48 bits per heavy atom. The normalized spacial score (nSPS) is 13.6. The molecule has 0 aliphatic carbocycles. The van der Waals surface area contributed by atoms with Gasteiger partial charge in [0, 0.05) is 6.04 Å². The smallest absolute Gasteiger partial charge is 0.179 e. The molecule has 0 amide bonds. The average molecular weight is 330 g/mol. The van der Waals surface area contributed by atoms with Gasteiger partial charge in [0.2, 0.25) is 0 Å². The van der Waals surface area contributed by atoms with Crippen LogP contribution in [-0.2, 0) is 19.7 Å². The lowest BCUT2D eigenvalue weighted by molar-refractivity contribution is 0.579. The third-order valence-electron chi connectivity index (χ3n) is 2.98. The maximum atomic E-state index is 12.1. The summed E-state index contributed by atoms with van der Waals surface area (Å²) in [7, 11) is -7.26. The molecule has 1 aromatic rings. The maximum absolute atomic E-state index is 12.1. The van der Waals surface area contributed by atoms with Crippen molar-refractivity contribution in [3.63, 3.8) is 0 Å². The molecule has 116 valence electrons. The molecule has 0 spiro atoms. The molecule has 6 nitrogen and oxygen atoms in total. The highest BCUT2D eigenvalue weighted by Gasteiger charge is 2.21. The molecule has 8 heteroatoms. The highest BCUT2D eigenvalue weighted by molar-refractivity contribution is 7.95. The van der Waals surface area contributed by atoms with Crippen molar-refractivity contribution in [2.45, 2.75) is 24.3 Å². The lowest BCUT2D eigenvalue weighted by Gasteiger charge is -2.10. The van der Waals surface area contributed by atoms with Crippen LogP contribution < -0.4 is 5.73 Å². The molecular weight excluding hydrogens is 312 g/mol. The van der Waals surface area contributed by atoms with E-state index in [1.54, 1.807) is 6.92 Å². The van der Waals surface area contributed by atoms with Gasteiger partial charge in [-0.3, -0.25) is 0 Å². The summed E-state index contributed by atoms with van der Waals surface area (Å²) in [4.78, 5) is -0.0449. The van der Waals surface area contributed by atoms with Crippen molar-refractivity contribution in [1.29, 1.82) is 5.26 Å². The van der Waals surface area contributed by atoms with Gasteiger partial charge in [0.25, 0.3) is 0 Å². The number of rotatable bonds is 7.